The van der Waals surface area contributed by atoms with Crippen molar-refractivity contribution in [2.75, 3.05) is 19.5 Å². The number of aromatic nitrogens is 2. The minimum atomic E-state index is -0.482. The van der Waals surface area contributed by atoms with Gasteiger partial charge in [-0.05, 0) is 32.9 Å². The molecule has 0 bridgehead atoms. The van der Waals surface area contributed by atoms with Crippen molar-refractivity contribution in [3.63, 3.8) is 0 Å². The zero-order chi connectivity index (χ0) is 19.9. The normalized spacial score (nSPS) is 10.9. The summed E-state index contributed by atoms with van der Waals surface area (Å²) in [6.07, 6.45) is 0. The van der Waals surface area contributed by atoms with Crippen LogP contribution >= 0.6 is 0 Å². The van der Waals surface area contributed by atoms with Crippen LogP contribution in [-0.2, 0) is 0 Å². The van der Waals surface area contributed by atoms with E-state index in [9.17, 15) is 14.9 Å². The lowest BCUT2D eigenvalue weighted by Crippen LogP contribution is -2.14. The summed E-state index contributed by atoms with van der Waals surface area (Å²) in [7, 11) is 3.16. The highest BCUT2D eigenvalue weighted by Crippen LogP contribution is 2.37. The zero-order valence-electron chi connectivity index (χ0n) is 15.8. The lowest BCUT2D eigenvalue weighted by molar-refractivity contribution is -0.384. The summed E-state index contributed by atoms with van der Waals surface area (Å²) in [6, 6.07) is 5.58. The molecule has 0 fully saturated rings. The Kier molecular flexibility index (Phi) is 4.57. The van der Waals surface area contributed by atoms with Crippen LogP contribution < -0.4 is 15.6 Å². The Labute approximate surface area is 155 Å². The maximum Gasteiger partial charge on any atom is 0.296 e. The molecule has 8 heteroatoms. The average Bonchev–Trinajstić information content (AvgIpc) is 2.63. The van der Waals surface area contributed by atoms with Crippen LogP contribution in [0.2, 0.25) is 0 Å². The number of nitro benzene ring substituents is 1. The summed E-state index contributed by atoms with van der Waals surface area (Å²) in [4.78, 5) is 31.3. The second kappa shape index (κ2) is 6.71. The summed E-state index contributed by atoms with van der Waals surface area (Å²) in [5, 5.41) is 14.6. The zero-order valence-corrected chi connectivity index (χ0v) is 15.8. The number of rotatable bonds is 4. The van der Waals surface area contributed by atoms with Crippen molar-refractivity contribution in [1.29, 1.82) is 0 Å². The van der Waals surface area contributed by atoms with Gasteiger partial charge in [-0.2, -0.15) is 0 Å². The monoisotopic (exact) mass is 368 g/mol. The van der Waals surface area contributed by atoms with Crippen LogP contribution in [0.15, 0.2) is 23.0 Å². The number of ether oxygens (including phenoxy) is 1. The topological polar surface area (TPSA) is 110 Å². The molecule has 0 amide bonds. The van der Waals surface area contributed by atoms with Crippen LogP contribution in [0.3, 0.4) is 0 Å². The highest BCUT2D eigenvalue weighted by Gasteiger charge is 2.26. The number of nitrogens with one attached hydrogen (secondary N) is 2. The van der Waals surface area contributed by atoms with Gasteiger partial charge < -0.3 is 15.0 Å². The van der Waals surface area contributed by atoms with Crippen molar-refractivity contribution in [3.05, 3.63) is 55.4 Å². The Hall–Kier alpha value is -3.42. The van der Waals surface area contributed by atoms with Crippen LogP contribution in [-0.4, -0.2) is 29.0 Å². The molecule has 140 valence electrons. The maximum absolute atomic E-state index is 12.8. The number of H-pyrrole nitrogens is 1. The third-order valence-corrected chi connectivity index (χ3v) is 4.66. The van der Waals surface area contributed by atoms with Crippen molar-refractivity contribution >= 4 is 22.3 Å². The first-order chi connectivity index (χ1) is 12.8. The van der Waals surface area contributed by atoms with Gasteiger partial charge in [0.1, 0.15) is 17.3 Å². The Morgan fingerprint density at radius 2 is 1.93 bits per heavy atom. The van der Waals surface area contributed by atoms with E-state index in [-0.39, 0.29) is 16.6 Å². The molecule has 2 aromatic carbocycles. The van der Waals surface area contributed by atoms with Gasteiger partial charge in [0.15, 0.2) is 0 Å². The van der Waals surface area contributed by atoms with E-state index in [1.165, 1.54) is 0 Å². The molecule has 8 nitrogen and oxygen atoms in total. The van der Waals surface area contributed by atoms with Crippen LogP contribution in [0.5, 0.6) is 5.75 Å². The molecule has 0 unspecified atom stereocenters. The van der Waals surface area contributed by atoms with E-state index in [4.69, 9.17) is 4.74 Å². The van der Waals surface area contributed by atoms with Gasteiger partial charge in [0, 0.05) is 18.2 Å². The van der Waals surface area contributed by atoms with Gasteiger partial charge in [0.05, 0.1) is 28.5 Å². The fourth-order valence-electron chi connectivity index (χ4n) is 3.36. The van der Waals surface area contributed by atoms with Crippen LogP contribution in [0, 0.1) is 30.9 Å². The third kappa shape index (κ3) is 2.88. The molecule has 0 aliphatic carbocycles. The fraction of sp³-hybridized carbons (Fsp3) is 0.263. The first kappa shape index (κ1) is 18.4. The molecule has 0 aliphatic rings. The predicted octanol–water partition coefficient (Wildman–Crippen LogP) is 3.47. The van der Waals surface area contributed by atoms with Crippen LogP contribution in [0.1, 0.15) is 16.7 Å². The molecule has 0 aliphatic heterocycles. The molecule has 27 heavy (non-hydrogen) atoms. The van der Waals surface area contributed by atoms with E-state index in [1.54, 1.807) is 28.0 Å². The second-order valence-corrected chi connectivity index (χ2v) is 6.32. The van der Waals surface area contributed by atoms with E-state index < -0.39 is 10.5 Å². The van der Waals surface area contributed by atoms with Crippen molar-refractivity contribution in [3.8, 4) is 17.1 Å². The molecule has 0 saturated carbocycles. The minimum Gasteiger partial charge on any atom is -0.496 e. The van der Waals surface area contributed by atoms with Gasteiger partial charge in [-0.25, -0.2) is 4.98 Å². The highest BCUT2D eigenvalue weighted by molar-refractivity contribution is 5.95. The molecule has 0 radical (unpaired) electrons. The molecule has 1 aromatic heterocycles. The Balaban J connectivity index is 2.45. The number of fused-ring (bicyclic) bond motifs is 1. The number of hydrogen-bond donors (Lipinski definition) is 2. The van der Waals surface area contributed by atoms with Gasteiger partial charge in [0.2, 0.25) is 0 Å². The summed E-state index contributed by atoms with van der Waals surface area (Å²) in [5.74, 6) is 0.930. The first-order valence-electron chi connectivity index (χ1n) is 8.34. The number of benzene rings is 2. The first-order valence-corrected chi connectivity index (χ1v) is 8.34. The number of hydrogen-bond acceptors (Lipinski definition) is 6. The number of aromatic amines is 1. The molecule has 0 atom stereocenters. The minimum absolute atomic E-state index is 0.115. The lowest BCUT2D eigenvalue weighted by Gasteiger charge is -2.14. The van der Waals surface area contributed by atoms with Crippen molar-refractivity contribution in [2.45, 2.75) is 20.8 Å². The molecule has 2 N–H and O–H groups in total. The Morgan fingerprint density at radius 3 is 2.52 bits per heavy atom. The molecule has 3 rings (SSSR count). The maximum atomic E-state index is 12.8. The van der Waals surface area contributed by atoms with Crippen LogP contribution in [0.25, 0.3) is 22.3 Å². The van der Waals surface area contributed by atoms with Crippen molar-refractivity contribution in [1.82, 2.24) is 9.97 Å². The largest absolute Gasteiger partial charge is 0.496 e. The molecule has 0 spiro atoms. The lowest BCUT2D eigenvalue weighted by atomic mass is 10.0. The molecular weight excluding hydrogens is 348 g/mol. The van der Waals surface area contributed by atoms with Crippen molar-refractivity contribution < 1.29 is 9.66 Å². The number of nitrogens with zero attached hydrogens (tertiary/aromatic N) is 2. The quantitative estimate of drug-likeness (QED) is 0.539. The van der Waals surface area contributed by atoms with Crippen molar-refractivity contribution in [2.24, 2.45) is 0 Å². The van der Waals surface area contributed by atoms with Gasteiger partial charge in [-0.15, -0.1) is 0 Å². The van der Waals surface area contributed by atoms with Gasteiger partial charge in [-0.3, -0.25) is 14.9 Å². The van der Waals surface area contributed by atoms with Gasteiger partial charge >= 0.3 is 0 Å². The molecular formula is C19H20N4O4. The molecule has 0 saturated heterocycles. The van der Waals surface area contributed by atoms with E-state index in [1.807, 2.05) is 25.1 Å². The standard InChI is InChI=1S/C19H20N4O4/c1-9-6-7-13(27-5)12(8-9)18-21-15-11(3)16(20-4)17(23(25)26)10(2)14(15)19(24)22-18/h6-8,20H,1-5H3,(H,21,22,24). The van der Waals surface area contributed by atoms with E-state index in [0.717, 1.165) is 5.56 Å². The average molecular weight is 368 g/mol. The smallest absolute Gasteiger partial charge is 0.296 e. The Bertz CT molecular complexity index is 1130. The SMILES string of the molecule is CNc1c([N+](=O)[O-])c(C)c2c(=O)[nH]c(-c3cc(C)ccc3OC)nc2c1C. The number of methoxy groups -OCH3 is 1. The second-order valence-electron chi connectivity index (χ2n) is 6.32. The summed E-state index contributed by atoms with van der Waals surface area (Å²) < 4.78 is 5.39. The third-order valence-electron chi connectivity index (χ3n) is 4.66. The van der Waals surface area contributed by atoms with Crippen LogP contribution in [0.4, 0.5) is 11.4 Å². The Morgan fingerprint density at radius 1 is 1.22 bits per heavy atom. The fourth-order valence-corrected chi connectivity index (χ4v) is 3.36. The van der Waals surface area contributed by atoms with Gasteiger partial charge in [-0.1, -0.05) is 11.6 Å². The molecule has 1 heterocycles. The summed E-state index contributed by atoms with van der Waals surface area (Å²) >= 11 is 0. The number of anilines is 1. The highest BCUT2D eigenvalue weighted by atomic mass is 16.6. The molecule has 3 aromatic rings. The van der Waals surface area contributed by atoms with Gasteiger partial charge in [0.25, 0.3) is 11.2 Å². The number of aryl methyl sites for hydroxylation is 3. The number of nitro groups is 1. The van der Waals surface area contributed by atoms with E-state index in [0.29, 0.717) is 33.9 Å². The summed E-state index contributed by atoms with van der Waals surface area (Å²) in [5.41, 5.74) is 2.69. The van der Waals surface area contributed by atoms with E-state index in [2.05, 4.69) is 15.3 Å². The van der Waals surface area contributed by atoms with E-state index >= 15 is 0 Å². The predicted molar refractivity (Wildman–Crippen MR) is 105 cm³/mol. The summed E-state index contributed by atoms with van der Waals surface area (Å²) in [6.45, 7) is 5.20.